The van der Waals surface area contributed by atoms with Crippen molar-refractivity contribution in [3.63, 3.8) is 0 Å². The van der Waals surface area contributed by atoms with E-state index in [0.29, 0.717) is 44.9 Å². The molecule has 0 aliphatic carbocycles. The van der Waals surface area contributed by atoms with Crippen molar-refractivity contribution in [2.45, 2.75) is 128 Å². The molecule has 0 amide bonds. The van der Waals surface area contributed by atoms with Gasteiger partial charge in [-0.05, 0) is 58.4 Å². The lowest BCUT2D eigenvalue weighted by molar-refractivity contribution is -0.376. The Morgan fingerprint density at radius 1 is 0.725 bits per heavy atom. The highest BCUT2D eigenvalue weighted by Crippen LogP contribution is 2.50. The van der Waals surface area contributed by atoms with Gasteiger partial charge in [-0.1, -0.05) is 52.0 Å². The fraction of sp³-hybridized carbons (Fsp3) is 0.759. The molecule has 0 fully saturated rings. The molecule has 0 spiro atoms. The van der Waals surface area contributed by atoms with E-state index in [2.05, 4.69) is 4.74 Å². The van der Waals surface area contributed by atoms with E-state index in [1.54, 1.807) is 13.8 Å². The van der Waals surface area contributed by atoms with Crippen molar-refractivity contribution in [1.82, 2.24) is 4.72 Å². The van der Waals surface area contributed by atoms with E-state index in [4.69, 9.17) is 0 Å². The summed E-state index contributed by atoms with van der Waals surface area (Å²) in [6, 6.07) is 3.68. The van der Waals surface area contributed by atoms with Crippen LogP contribution in [0.5, 0.6) is 0 Å². The molecular weight excluding hydrogens is 759 g/mol. The summed E-state index contributed by atoms with van der Waals surface area (Å²) in [5.41, 5.74) is -11.4. The molecular formula is C29H40F15NO5S. The Bertz CT molecular complexity index is 1320. The number of aliphatic hydroxyl groups is 1. The SMILES string of the molecule is CCC(C)(C(=O)OC(C)(C)C(F)(F)F)C(F)(F)F.CCC(C)S(=O)(=O)NCC(F)(F)F.CCC(C)c1ccc(C(O)(C(F)(F)F)C(F)(F)F)cc1. The average Bonchev–Trinajstić information content (AvgIpc) is 2.96. The van der Waals surface area contributed by atoms with Gasteiger partial charge in [-0.15, -0.1) is 0 Å². The van der Waals surface area contributed by atoms with Crippen LogP contribution in [0.2, 0.25) is 0 Å². The quantitative estimate of drug-likeness (QED) is 0.182. The van der Waals surface area contributed by atoms with Crippen molar-refractivity contribution in [1.29, 1.82) is 0 Å². The van der Waals surface area contributed by atoms with Gasteiger partial charge in [-0.25, -0.2) is 13.1 Å². The molecule has 0 aromatic heterocycles. The van der Waals surface area contributed by atoms with Gasteiger partial charge in [0, 0.05) is 5.56 Å². The van der Waals surface area contributed by atoms with Gasteiger partial charge in [-0.2, -0.15) is 65.9 Å². The Morgan fingerprint density at radius 2 is 1.14 bits per heavy atom. The number of benzene rings is 1. The Labute approximate surface area is 285 Å². The van der Waals surface area contributed by atoms with Crippen molar-refractivity contribution >= 4 is 16.0 Å². The highest BCUT2D eigenvalue weighted by Gasteiger charge is 2.71. The largest absolute Gasteiger partial charge is 0.449 e. The van der Waals surface area contributed by atoms with Crippen LogP contribution in [0.15, 0.2) is 24.3 Å². The van der Waals surface area contributed by atoms with Crippen LogP contribution in [0.1, 0.15) is 91.7 Å². The summed E-state index contributed by atoms with van der Waals surface area (Å²) in [6.45, 7) is 7.66. The van der Waals surface area contributed by atoms with Gasteiger partial charge in [0.05, 0.1) is 5.25 Å². The first-order chi connectivity index (χ1) is 22.3. The molecule has 0 heterocycles. The van der Waals surface area contributed by atoms with Crippen molar-refractivity contribution in [2.75, 3.05) is 6.54 Å². The Kier molecular flexibility index (Phi) is 17.4. The Hall–Kier alpha value is -2.49. The minimum atomic E-state index is -5.84. The molecule has 51 heavy (non-hydrogen) atoms. The summed E-state index contributed by atoms with van der Waals surface area (Å²) in [5, 5.41) is 8.40. The normalized spacial score (nSPS) is 16.1. The summed E-state index contributed by atoms with van der Waals surface area (Å²) in [6.07, 6.45) is -25.8. The van der Waals surface area contributed by atoms with Crippen LogP contribution >= 0.6 is 0 Å². The lowest BCUT2D eigenvalue weighted by atomic mass is 9.86. The Balaban J connectivity index is 0. The smallest absolute Gasteiger partial charge is 0.430 e. The summed E-state index contributed by atoms with van der Waals surface area (Å²) in [5.74, 6) is -1.92. The number of nitrogens with one attached hydrogen (secondary N) is 1. The number of ether oxygens (including phenoxy) is 1. The van der Waals surface area contributed by atoms with E-state index in [1.165, 1.54) is 23.8 Å². The molecule has 1 rings (SSSR count). The second-order valence-corrected chi connectivity index (χ2v) is 14.1. The van der Waals surface area contributed by atoms with Gasteiger partial charge in [-0.3, -0.25) is 4.79 Å². The molecule has 3 atom stereocenters. The van der Waals surface area contributed by atoms with Crippen molar-refractivity contribution in [2.24, 2.45) is 5.41 Å². The van der Waals surface area contributed by atoms with E-state index in [9.17, 15) is 84.2 Å². The van der Waals surface area contributed by atoms with E-state index in [-0.39, 0.29) is 12.3 Å². The molecule has 0 aliphatic rings. The third kappa shape index (κ3) is 13.8. The average molecular weight is 800 g/mol. The molecule has 0 bridgehead atoms. The van der Waals surface area contributed by atoms with Gasteiger partial charge in [0.15, 0.2) is 5.41 Å². The number of carbonyl (C=O) groups is 1. The second-order valence-electron chi connectivity index (χ2n) is 11.9. The zero-order valence-electron chi connectivity index (χ0n) is 28.5. The molecule has 302 valence electrons. The van der Waals surface area contributed by atoms with E-state index >= 15 is 0 Å². The van der Waals surface area contributed by atoms with Gasteiger partial charge < -0.3 is 9.84 Å². The summed E-state index contributed by atoms with van der Waals surface area (Å²) < 4.78 is 213. The molecule has 0 saturated heterocycles. The number of hydrogen-bond acceptors (Lipinski definition) is 5. The zero-order valence-corrected chi connectivity index (χ0v) is 29.3. The number of esters is 1. The zero-order chi connectivity index (χ0) is 41.5. The van der Waals surface area contributed by atoms with Crippen molar-refractivity contribution in [3.8, 4) is 0 Å². The van der Waals surface area contributed by atoms with Crippen molar-refractivity contribution in [3.05, 3.63) is 35.4 Å². The van der Waals surface area contributed by atoms with Crippen LogP contribution in [0.25, 0.3) is 0 Å². The molecule has 1 aromatic rings. The van der Waals surface area contributed by atoms with E-state index < -0.39 is 87.3 Å². The van der Waals surface area contributed by atoms with Crippen LogP contribution in [0.3, 0.4) is 0 Å². The van der Waals surface area contributed by atoms with Crippen molar-refractivity contribution < 1.29 is 88.9 Å². The van der Waals surface area contributed by atoms with Crippen LogP contribution < -0.4 is 4.72 Å². The number of halogens is 15. The summed E-state index contributed by atoms with van der Waals surface area (Å²) in [7, 11) is -3.81. The third-order valence-electron chi connectivity index (χ3n) is 7.72. The number of alkyl halides is 15. The van der Waals surface area contributed by atoms with Gasteiger partial charge in [0.1, 0.15) is 6.54 Å². The molecule has 22 heteroatoms. The minimum absolute atomic E-state index is 0.00826. The van der Waals surface area contributed by atoms with E-state index in [0.717, 1.165) is 6.92 Å². The molecule has 1 aromatic carbocycles. The van der Waals surface area contributed by atoms with E-state index in [1.807, 2.05) is 6.92 Å². The number of sulfonamides is 1. The summed E-state index contributed by atoms with van der Waals surface area (Å²) >= 11 is 0. The predicted octanol–water partition coefficient (Wildman–Crippen LogP) is 9.63. The molecule has 0 radical (unpaired) electrons. The van der Waals surface area contributed by atoms with Crippen LogP contribution in [-0.2, 0) is 25.2 Å². The first-order valence-electron chi connectivity index (χ1n) is 14.7. The highest BCUT2D eigenvalue weighted by molar-refractivity contribution is 7.90. The maximum Gasteiger partial charge on any atom is 0.430 e. The first kappa shape index (κ1) is 50.6. The minimum Gasteiger partial charge on any atom is -0.449 e. The lowest BCUT2D eigenvalue weighted by Gasteiger charge is -2.34. The third-order valence-corrected chi connectivity index (χ3v) is 9.66. The highest BCUT2D eigenvalue weighted by atomic mass is 32.2. The maximum atomic E-state index is 12.6. The van der Waals surface area contributed by atoms with Gasteiger partial charge >= 0.3 is 36.9 Å². The molecule has 0 aliphatic heterocycles. The monoisotopic (exact) mass is 799 g/mol. The van der Waals surface area contributed by atoms with Crippen LogP contribution in [0.4, 0.5) is 65.9 Å². The standard InChI is InChI=1S/C13H14F6O.C10H14F6O2.C6H12F3NO2S/c1-3-8(2)9-4-6-10(7-5-9)11(20,12(14,15)16)13(17,18)19;1-5-8(4,10(14,15)16)6(17)18-7(2,3)9(11,12)13;1-3-5(2)13(11,12)10-4-6(7,8)9/h4-8,20H,3H2,1-2H3;5H2,1-4H3;5,10H,3-4H2,1-2H3. The van der Waals surface area contributed by atoms with Gasteiger partial charge in [0.2, 0.25) is 15.6 Å². The summed E-state index contributed by atoms with van der Waals surface area (Å²) in [4.78, 5) is 11.4. The molecule has 2 N–H and O–H groups in total. The number of carbonyl (C=O) groups excluding carboxylic acids is 1. The van der Waals surface area contributed by atoms with Crippen LogP contribution in [0, 0.1) is 5.41 Å². The second kappa shape index (κ2) is 17.6. The fourth-order valence-corrected chi connectivity index (χ4v) is 4.27. The maximum absolute atomic E-state index is 12.6. The first-order valence-corrected chi connectivity index (χ1v) is 16.3. The van der Waals surface area contributed by atoms with Crippen LogP contribution in [-0.4, -0.2) is 67.8 Å². The fourth-order valence-electron chi connectivity index (χ4n) is 3.18. The topological polar surface area (TPSA) is 92.7 Å². The van der Waals surface area contributed by atoms with Gasteiger partial charge in [0.25, 0.3) is 5.60 Å². The molecule has 0 saturated carbocycles. The molecule has 3 unspecified atom stereocenters. The lowest BCUT2D eigenvalue weighted by Crippen LogP contribution is -2.53. The number of rotatable bonds is 10. The number of hydrogen-bond donors (Lipinski definition) is 2. The predicted molar refractivity (Wildman–Crippen MR) is 155 cm³/mol. The molecule has 6 nitrogen and oxygen atoms in total. The Morgan fingerprint density at radius 3 is 1.41 bits per heavy atom.